The average Bonchev–Trinajstić information content (AvgIpc) is 2.46. The van der Waals surface area contributed by atoms with Crippen LogP contribution in [-0.2, 0) is 11.2 Å². The Bertz CT molecular complexity index is 779. The van der Waals surface area contributed by atoms with Crippen LogP contribution in [0.5, 0.6) is 0 Å². The monoisotopic (exact) mass is 305 g/mol. The SMILES string of the molecule is O=[N+]([O-])c1ccc2c(c1[N+](=O)[O-])Nc1ccccc1[S+]2[O-]. The van der Waals surface area contributed by atoms with Crippen molar-refractivity contribution >= 4 is 33.9 Å². The first-order valence-corrected chi connectivity index (χ1v) is 6.89. The lowest BCUT2D eigenvalue weighted by Crippen LogP contribution is -2.15. The lowest BCUT2D eigenvalue weighted by atomic mass is 10.2. The third kappa shape index (κ3) is 1.99. The van der Waals surface area contributed by atoms with Gasteiger partial charge in [-0.3, -0.25) is 20.2 Å². The third-order valence-electron chi connectivity index (χ3n) is 3.04. The molecule has 0 saturated heterocycles. The first-order chi connectivity index (χ1) is 10.0. The number of rotatable bonds is 2. The number of fused-ring (bicyclic) bond motifs is 2. The highest BCUT2D eigenvalue weighted by Gasteiger charge is 2.39. The molecule has 0 amide bonds. The fourth-order valence-corrected chi connectivity index (χ4v) is 3.44. The van der Waals surface area contributed by atoms with Gasteiger partial charge in [0, 0.05) is 23.3 Å². The Kier molecular flexibility index (Phi) is 3.00. The van der Waals surface area contributed by atoms with Crippen molar-refractivity contribution in [3.8, 4) is 0 Å². The Morgan fingerprint density at radius 1 is 0.952 bits per heavy atom. The first kappa shape index (κ1) is 13.3. The predicted molar refractivity (Wildman–Crippen MR) is 74.1 cm³/mol. The summed E-state index contributed by atoms with van der Waals surface area (Å²) in [5.41, 5.74) is -0.971. The van der Waals surface area contributed by atoms with Gasteiger partial charge in [0.1, 0.15) is 0 Å². The molecule has 1 N–H and O–H groups in total. The van der Waals surface area contributed by atoms with E-state index in [2.05, 4.69) is 5.32 Å². The summed E-state index contributed by atoms with van der Waals surface area (Å²) in [5, 5.41) is 24.9. The Labute approximate surface area is 120 Å². The zero-order chi connectivity index (χ0) is 15.1. The Morgan fingerprint density at radius 2 is 1.67 bits per heavy atom. The highest BCUT2D eigenvalue weighted by Crippen LogP contribution is 2.47. The molecule has 1 heterocycles. The van der Waals surface area contributed by atoms with Crippen molar-refractivity contribution in [1.29, 1.82) is 0 Å². The van der Waals surface area contributed by atoms with Gasteiger partial charge in [-0.1, -0.05) is 12.1 Å². The quantitative estimate of drug-likeness (QED) is 0.517. The van der Waals surface area contributed by atoms with Gasteiger partial charge < -0.3 is 9.87 Å². The van der Waals surface area contributed by atoms with Crippen LogP contribution in [0.15, 0.2) is 46.2 Å². The van der Waals surface area contributed by atoms with E-state index in [1.165, 1.54) is 6.07 Å². The van der Waals surface area contributed by atoms with Gasteiger partial charge in [0.05, 0.1) is 15.5 Å². The van der Waals surface area contributed by atoms with Crippen LogP contribution < -0.4 is 5.32 Å². The maximum atomic E-state index is 12.4. The van der Waals surface area contributed by atoms with Crippen LogP contribution in [0.3, 0.4) is 0 Å². The Balaban J connectivity index is 2.28. The van der Waals surface area contributed by atoms with Crippen LogP contribution in [0.2, 0.25) is 0 Å². The number of hydrogen-bond acceptors (Lipinski definition) is 6. The molecule has 1 aliphatic rings. The number of nitro groups is 2. The fourth-order valence-electron chi connectivity index (χ4n) is 2.15. The minimum absolute atomic E-state index is 0.0915. The van der Waals surface area contributed by atoms with Crippen molar-refractivity contribution in [2.24, 2.45) is 0 Å². The molecule has 0 spiro atoms. The molecule has 0 fully saturated rings. The second-order valence-corrected chi connectivity index (χ2v) is 5.63. The van der Waals surface area contributed by atoms with Gasteiger partial charge in [0.25, 0.3) is 0 Å². The normalized spacial score (nSPS) is 15.6. The van der Waals surface area contributed by atoms with Crippen LogP contribution in [0, 0.1) is 20.2 Å². The van der Waals surface area contributed by atoms with Gasteiger partial charge in [-0.25, -0.2) is 0 Å². The van der Waals surface area contributed by atoms with Crippen molar-refractivity contribution in [2.75, 3.05) is 5.32 Å². The van der Waals surface area contributed by atoms with E-state index in [0.29, 0.717) is 10.6 Å². The maximum Gasteiger partial charge on any atom is 0.374 e. The number of benzene rings is 2. The van der Waals surface area contributed by atoms with E-state index in [9.17, 15) is 24.8 Å². The Hall–Kier alpha value is -2.65. The second-order valence-electron chi connectivity index (χ2n) is 4.21. The molecular weight excluding hydrogens is 298 g/mol. The van der Waals surface area contributed by atoms with E-state index in [-0.39, 0.29) is 10.6 Å². The molecule has 9 heteroatoms. The molecule has 106 valence electrons. The molecular formula is C12H7N3O5S. The van der Waals surface area contributed by atoms with Gasteiger partial charge in [-0.05, 0) is 12.1 Å². The standard InChI is InChI=1S/C12H7N3O5S/c16-14(17)8-5-6-10-11(12(8)15(18)19)13-7-3-1-2-4-9(7)21(10)20/h1-6,13H. The Morgan fingerprint density at radius 3 is 2.33 bits per heavy atom. The molecule has 1 aliphatic heterocycles. The van der Waals surface area contributed by atoms with E-state index in [4.69, 9.17) is 0 Å². The molecule has 1 unspecified atom stereocenters. The van der Waals surface area contributed by atoms with Crippen molar-refractivity contribution in [1.82, 2.24) is 0 Å². The summed E-state index contributed by atoms with van der Waals surface area (Å²) >= 11 is -1.63. The number of nitrogens with zero attached hydrogens (tertiary/aromatic N) is 2. The van der Waals surface area contributed by atoms with Gasteiger partial charge in [-0.15, -0.1) is 0 Å². The minimum atomic E-state index is -1.63. The average molecular weight is 305 g/mol. The third-order valence-corrected chi connectivity index (χ3v) is 4.54. The van der Waals surface area contributed by atoms with Crippen molar-refractivity contribution in [2.45, 2.75) is 9.79 Å². The van der Waals surface area contributed by atoms with Crippen LogP contribution in [-0.4, -0.2) is 14.4 Å². The number of para-hydroxylation sites is 1. The number of nitrogens with one attached hydrogen (secondary N) is 1. The van der Waals surface area contributed by atoms with Gasteiger partial charge in [0.2, 0.25) is 0 Å². The zero-order valence-corrected chi connectivity index (χ0v) is 11.1. The molecule has 2 aromatic carbocycles. The molecule has 8 nitrogen and oxygen atoms in total. The fraction of sp³-hybridized carbons (Fsp3) is 0. The van der Waals surface area contributed by atoms with Crippen molar-refractivity contribution in [3.05, 3.63) is 56.6 Å². The molecule has 2 aromatic rings. The summed E-state index contributed by atoms with van der Waals surface area (Å²) in [6.07, 6.45) is 0. The lowest BCUT2D eigenvalue weighted by molar-refractivity contribution is -0.422. The molecule has 0 radical (unpaired) electrons. The molecule has 0 saturated carbocycles. The van der Waals surface area contributed by atoms with E-state index in [1.807, 2.05) is 0 Å². The highest BCUT2D eigenvalue weighted by atomic mass is 32.2. The van der Waals surface area contributed by atoms with E-state index < -0.39 is 32.4 Å². The largest absolute Gasteiger partial charge is 0.606 e. The van der Waals surface area contributed by atoms with E-state index in [1.54, 1.807) is 24.3 Å². The molecule has 3 rings (SSSR count). The topological polar surface area (TPSA) is 121 Å². The minimum Gasteiger partial charge on any atom is -0.606 e. The first-order valence-electron chi connectivity index (χ1n) is 5.74. The summed E-state index contributed by atoms with van der Waals surface area (Å²) in [6.45, 7) is 0. The lowest BCUT2D eigenvalue weighted by Gasteiger charge is -2.22. The van der Waals surface area contributed by atoms with Gasteiger partial charge >= 0.3 is 11.4 Å². The van der Waals surface area contributed by atoms with Crippen molar-refractivity contribution in [3.63, 3.8) is 0 Å². The second kappa shape index (κ2) is 4.72. The van der Waals surface area contributed by atoms with Crippen LogP contribution in [0.4, 0.5) is 22.7 Å². The molecule has 0 aliphatic carbocycles. The number of nitro benzene ring substituents is 2. The van der Waals surface area contributed by atoms with E-state index in [0.717, 1.165) is 6.07 Å². The molecule has 0 bridgehead atoms. The van der Waals surface area contributed by atoms with Crippen LogP contribution in [0.1, 0.15) is 0 Å². The number of anilines is 2. The van der Waals surface area contributed by atoms with Crippen LogP contribution in [0.25, 0.3) is 0 Å². The van der Waals surface area contributed by atoms with Crippen LogP contribution >= 0.6 is 0 Å². The highest BCUT2D eigenvalue weighted by molar-refractivity contribution is 7.92. The molecule has 0 aromatic heterocycles. The summed E-state index contributed by atoms with van der Waals surface area (Å²) in [7, 11) is 0. The summed E-state index contributed by atoms with van der Waals surface area (Å²) in [6, 6.07) is 8.90. The maximum absolute atomic E-state index is 12.4. The van der Waals surface area contributed by atoms with Gasteiger partial charge in [-0.2, -0.15) is 0 Å². The van der Waals surface area contributed by atoms with Crippen molar-refractivity contribution < 1.29 is 14.4 Å². The summed E-state index contributed by atoms with van der Waals surface area (Å²) in [5.74, 6) is 0. The number of hydrogen-bond donors (Lipinski definition) is 1. The molecule has 21 heavy (non-hydrogen) atoms. The van der Waals surface area contributed by atoms with Gasteiger partial charge in [0.15, 0.2) is 15.5 Å². The van der Waals surface area contributed by atoms with E-state index >= 15 is 0 Å². The zero-order valence-electron chi connectivity index (χ0n) is 10.3. The summed E-state index contributed by atoms with van der Waals surface area (Å²) in [4.78, 5) is 21.1. The smallest absolute Gasteiger partial charge is 0.374 e. The predicted octanol–water partition coefficient (Wildman–Crippen LogP) is 2.73. The molecule has 1 atom stereocenters. The summed E-state index contributed by atoms with van der Waals surface area (Å²) < 4.78 is 12.4.